The van der Waals surface area contributed by atoms with Crippen LogP contribution < -0.4 is 0 Å². The fraction of sp³-hybridized carbons (Fsp3) is 0. The van der Waals surface area contributed by atoms with E-state index < -0.39 is 0 Å². The molecule has 0 aliphatic heterocycles. The number of fused-ring (bicyclic) bond motifs is 3. The molecule has 0 amide bonds. The number of rotatable bonds is 1. The number of carbonyl (C=O) groups excluding carboxylic acids is 2. The molecule has 0 saturated heterocycles. The van der Waals surface area contributed by atoms with Crippen molar-refractivity contribution in [1.29, 1.82) is 0 Å². The van der Waals surface area contributed by atoms with Gasteiger partial charge in [-0.2, -0.15) is 0 Å². The van der Waals surface area contributed by atoms with Crippen molar-refractivity contribution >= 4 is 47.1 Å². The van der Waals surface area contributed by atoms with Gasteiger partial charge in [-0.05, 0) is 45.3 Å². The lowest BCUT2D eigenvalue weighted by Gasteiger charge is -2.12. The molecule has 0 fully saturated rings. The SMILES string of the molecule is O=C1C=CC(=O)C(c2cccc3c2ccc2ccccc23)=C1.[B]. The molecule has 0 aromatic heterocycles. The molecule has 0 unspecified atom stereocenters. The molecule has 0 heterocycles. The summed E-state index contributed by atoms with van der Waals surface area (Å²) in [6.07, 6.45) is 4.08. The van der Waals surface area contributed by atoms with Crippen LogP contribution >= 0.6 is 0 Å². The molecular formula is C20H12BO2. The van der Waals surface area contributed by atoms with Crippen LogP contribution in [0.15, 0.2) is 72.8 Å². The number of allylic oxidation sites excluding steroid dienone is 4. The van der Waals surface area contributed by atoms with Crippen LogP contribution in [0.1, 0.15) is 5.56 Å². The van der Waals surface area contributed by atoms with Gasteiger partial charge in [-0.25, -0.2) is 0 Å². The highest BCUT2D eigenvalue weighted by molar-refractivity contribution is 6.35. The van der Waals surface area contributed by atoms with Crippen LogP contribution in [0.4, 0.5) is 0 Å². The van der Waals surface area contributed by atoms with Gasteiger partial charge < -0.3 is 0 Å². The van der Waals surface area contributed by atoms with Gasteiger partial charge in [0.05, 0.1) is 0 Å². The minimum Gasteiger partial charge on any atom is -0.290 e. The molecule has 3 aromatic rings. The van der Waals surface area contributed by atoms with Crippen LogP contribution in [-0.2, 0) is 9.59 Å². The predicted molar refractivity (Wildman–Crippen MR) is 94.3 cm³/mol. The maximum Gasteiger partial charge on any atom is 0.186 e. The zero-order valence-corrected chi connectivity index (χ0v) is 12.3. The van der Waals surface area contributed by atoms with Gasteiger partial charge in [0.15, 0.2) is 11.6 Å². The van der Waals surface area contributed by atoms with E-state index in [-0.39, 0.29) is 20.0 Å². The number of benzene rings is 3. The molecule has 0 N–H and O–H groups in total. The minimum absolute atomic E-state index is 0. The first kappa shape index (κ1) is 15.0. The number of hydrogen-bond acceptors (Lipinski definition) is 2. The fourth-order valence-electron chi connectivity index (χ4n) is 2.99. The van der Waals surface area contributed by atoms with Gasteiger partial charge in [-0.15, -0.1) is 0 Å². The summed E-state index contributed by atoms with van der Waals surface area (Å²) in [7, 11) is 0. The molecule has 107 valence electrons. The van der Waals surface area contributed by atoms with E-state index >= 15 is 0 Å². The zero-order chi connectivity index (χ0) is 15.1. The van der Waals surface area contributed by atoms with Crippen molar-refractivity contribution in [3.8, 4) is 0 Å². The molecule has 4 rings (SSSR count). The molecule has 2 nitrogen and oxygen atoms in total. The molecule has 0 bridgehead atoms. The molecule has 3 radical (unpaired) electrons. The van der Waals surface area contributed by atoms with Crippen molar-refractivity contribution < 1.29 is 9.59 Å². The Labute approximate surface area is 135 Å². The van der Waals surface area contributed by atoms with E-state index in [4.69, 9.17) is 0 Å². The first-order valence-corrected chi connectivity index (χ1v) is 7.13. The summed E-state index contributed by atoms with van der Waals surface area (Å²) in [6.45, 7) is 0. The third-order valence-corrected chi connectivity index (χ3v) is 4.03. The normalized spacial score (nSPS) is 14.0. The fourth-order valence-corrected chi connectivity index (χ4v) is 2.99. The molecule has 3 heteroatoms. The summed E-state index contributed by atoms with van der Waals surface area (Å²) in [5.74, 6) is -0.271. The first-order chi connectivity index (χ1) is 10.7. The van der Waals surface area contributed by atoms with Gasteiger partial charge in [-0.3, -0.25) is 9.59 Å². The Kier molecular flexibility index (Phi) is 3.71. The second-order valence-corrected chi connectivity index (χ2v) is 5.35. The molecule has 1 aliphatic carbocycles. The smallest absolute Gasteiger partial charge is 0.186 e. The van der Waals surface area contributed by atoms with Crippen LogP contribution in [0.25, 0.3) is 27.1 Å². The Morgan fingerprint density at radius 1 is 0.652 bits per heavy atom. The van der Waals surface area contributed by atoms with Gasteiger partial charge in [-0.1, -0.05) is 54.6 Å². The van der Waals surface area contributed by atoms with Crippen molar-refractivity contribution in [3.63, 3.8) is 0 Å². The van der Waals surface area contributed by atoms with E-state index in [0.717, 1.165) is 27.1 Å². The van der Waals surface area contributed by atoms with E-state index in [1.54, 1.807) is 0 Å². The second kappa shape index (κ2) is 5.69. The molecule has 0 atom stereocenters. The highest BCUT2D eigenvalue weighted by atomic mass is 16.1. The van der Waals surface area contributed by atoms with Crippen LogP contribution in [-0.4, -0.2) is 20.0 Å². The molecule has 23 heavy (non-hydrogen) atoms. The third-order valence-electron chi connectivity index (χ3n) is 4.03. The number of carbonyl (C=O) groups is 2. The zero-order valence-electron chi connectivity index (χ0n) is 12.3. The lowest BCUT2D eigenvalue weighted by atomic mass is 9.90. The average molecular weight is 295 g/mol. The van der Waals surface area contributed by atoms with Crippen molar-refractivity contribution in [2.24, 2.45) is 0 Å². The second-order valence-electron chi connectivity index (χ2n) is 5.35. The van der Waals surface area contributed by atoms with E-state index in [0.29, 0.717) is 5.57 Å². The molecule has 3 aromatic carbocycles. The van der Waals surface area contributed by atoms with Gasteiger partial charge in [0.25, 0.3) is 0 Å². The Morgan fingerprint density at radius 2 is 1.43 bits per heavy atom. The van der Waals surface area contributed by atoms with Crippen LogP contribution in [0.2, 0.25) is 0 Å². The van der Waals surface area contributed by atoms with Crippen LogP contribution in [0, 0.1) is 0 Å². The first-order valence-electron chi connectivity index (χ1n) is 7.13. The van der Waals surface area contributed by atoms with E-state index in [2.05, 4.69) is 12.1 Å². The molecule has 1 aliphatic rings. The largest absolute Gasteiger partial charge is 0.290 e. The number of hydrogen-bond donors (Lipinski definition) is 0. The third kappa shape index (κ3) is 2.40. The predicted octanol–water partition coefficient (Wildman–Crippen LogP) is 3.70. The summed E-state index contributed by atoms with van der Waals surface area (Å²) in [5.41, 5.74) is 1.28. The van der Waals surface area contributed by atoms with E-state index in [9.17, 15) is 9.59 Å². The summed E-state index contributed by atoms with van der Waals surface area (Å²) in [5, 5.41) is 4.38. The van der Waals surface area contributed by atoms with Gasteiger partial charge in [0, 0.05) is 14.0 Å². The maximum atomic E-state index is 12.1. The summed E-state index contributed by atoms with van der Waals surface area (Å²) >= 11 is 0. The topological polar surface area (TPSA) is 34.1 Å². The summed E-state index contributed by atoms with van der Waals surface area (Å²) in [6, 6.07) is 18.1. The van der Waals surface area contributed by atoms with Crippen molar-refractivity contribution in [3.05, 3.63) is 78.4 Å². The summed E-state index contributed by atoms with van der Waals surface area (Å²) < 4.78 is 0. The molecule has 0 saturated carbocycles. The van der Waals surface area contributed by atoms with Crippen molar-refractivity contribution in [2.75, 3.05) is 0 Å². The Balaban J connectivity index is 0.00000156. The highest BCUT2D eigenvalue weighted by Gasteiger charge is 2.17. The highest BCUT2D eigenvalue weighted by Crippen LogP contribution is 2.32. The van der Waals surface area contributed by atoms with Crippen molar-refractivity contribution in [2.45, 2.75) is 0 Å². The Bertz CT molecular complexity index is 1010. The molecular weight excluding hydrogens is 283 g/mol. The summed E-state index contributed by atoms with van der Waals surface area (Å²) in [4.78, 5) is 23.8. The monoisotopic (exact) mass is 295 g/mol. The lowest BCUT2D eigenvalue weighted by Crippen LogP contribution is -2.07. The van der Waals surface area contributed by atoms with Crippen LogP contribution in [0.3, 0.4) is 0 Å². The van der Waals surface area contributed by atoms with Crippen molar-refractivity contribution in [1.82, 2.24) is 0 Å². The van der Waals surface area contributed by atoms with Gasteiger partial charge >= 0.3 is 0 Å². The lowest BCUT2D eigenvalue weighted by molar-refractivity contribution is -0.113. The minimum atomic E-state index is -0.146. The Hall–Kier alpha value is -2.94. The van der Waals surface area contributed by atoms with E-state index in [1.807, 2.05) is 42.5 Å². The average Bonchev–Trinajstić information content (AvgIpc) is 2.56. The van der Waals surface area contributed by atoms with Crippen LogP contribution in [0.5, 0.6) is 0 Å². The maximum absolute atomic E-state index is 12.1. The number of ketones is 2. The molecule has 0 spiro atoms. The van der Waals surface area contributed by atoms with E-state index in [1.165, 1.54) is 18.2 Å². The quantitative estimate of drug-likeness (QED) is 0.390. The Morgan fingerprint density at radius 3 is 2.30 bits per heavy atom. The van der Waals surface area contributed by atoms with Gasteiger partial charge in [0.1, 0.15) is 0 Å². The standard InChI is InChI=1S/C20H12O2.B/c21-14-9-11-20(22)19(12-14)17-7-3-6-16-15-5-2-1-4-13(15)8-10-18(16)17;/h1-12H;. The van der Waals surface area contributed by atoms with Gasteiger partial charge in [0.2, 0.25) is 0 Å².